The van der Waals surface area contributed by atoms with Gasteiger partial charge >= 0.3 is 5.97 Å². The van der Waals surface area contributed by atoms with Gasteiger partial charge in [0.15, 0.2) is 0 Å². The molecule has 23 heavy (non-hydrogen) atoms. The Labute approximate surface area is 145 Å². The molecule has 1 N–H and O–H groups in total. The topological polar surface area (TPSA) is 37.3 Å². The van der Waals surface area contributed by atoms with Crippen LogP contribution in [0.5, 0.6) is 0 Å². The maximum atomic E-state index is 11.0. The summed E-state index contributed by atoms with van der Waals surface area (Å²) in [6.45, 7) is 7.86. The van der Waals surface area contributed by atoms with E-state index in [1.54, 1.807) is 6.07 Å². The van der Waals surface area contributed by atoms with Crippen LogP contribution in [0.4, 0.5) is 0 Å². The maximum Gasteiger partial charge on any atom is 0.345 e. The zero-order valence-corrected chi connectivity index (χ0v) is 14.8. The molecule has 0 aliphatic carbocycles. The lowest BCUT2D eigenvalue weighted by atomic mass is 9.96. The van der Waals surface area contributed by atoms with E-state index in [2.05, 4.69) is 18.7 Å². The first-order valence-electron chi connectivity index (χ1n) is 7.17. The Kier molecular flexibility index (Phi) is 5.64. The Morgan fingerprint density at radius 3 is 2.57 bits per heavy atom. The maximum absolute atomic E-state index is 11.0. The highest BCUT2D eigenvalue weighted by Gasteiger charge is 2.09. The van der Waals surface area contributed by atoms with E-state index in [9.17, 15) is 4.79 Å². The van der Waals surface area contributed by atoms with Crippen LogP contribution in [0.15, 0.2) is 48.6 Å². The number of thiophene rings is 1. The van der Waals surface area contributed by atoms with Crippen molar-refractivity contribution in [2.24, 2.45) is 0 Å². The number of hydrogen-bond donors (Lipinski definition) is 1. The molecule has 118 valence electrons. The van der Waals surface area contributed by atoms with Gasteiger partial charge in [-0.15, -0.1) is 11.3 Å². The van der Waals surface area contributed by atoms with Crippen molar-refractivity contribution in [3.63, 3.8) is 0 Å². The number of allylic oxidation sites excluding steroid dienone is 2. The highest BCUT2D eigenvalue weighted by molar-refractivity contribution is 7.80. The van der Waals surface area contributed by atoms with Crippen molar-refractivity contribution in [1.82, 2.24) is 0 Å². The lowest BCUT2D eigenvalue weighted by molar-refractivity contribution is 0.0702. The lowest BCUT2D eigenvalue weighted by Crippen LogP contribution is -2.03. The molecule has 1 aromatic carbocycles. The largest absolute Gasteiger partial charge is 0.477 e. The van der Waals surface area contributed by atoms with Crippen LogP contribution in [0, 0.1) is 0 Å². The van der Waals surface area contributed by atoms with E-state index in [1.165, 1.54) is 11.3 Å². The summed E-state index contributed by atoms with van der Waals surface area (Å²) in [5.41, 5.74) is 4.29. The summed E-state index contributed by atoms with van der Waals surface area (Å²) in [5.74, 6) is -0.889. The van der Waals surface area contributed by atoms with Crippen LogP contribution < -0.4 is 0 Å². The van der Waals surface area contributed by atoms with Gasteiger partial charge < -0.3 is 5.11 Å². The summed E-state index contributed by atoms with van der Waals surface area (Å²) in [4.78, 5) is 13.1. The SMILES string of the molecule is C=C(C)C(=S)Cc1ccccc1/C(C)=C/c1ccc(C(=O)O)s1. The Morgan fingerprint density at radius 2 is 1.96 bits per heavy atom. The molecule has 0 bridgehead atoms. The summed E-state index contributed by atoms with van der Waals surface area (Å²) in [6, 6.07) is 11.6. The number of carboxylic acids is 1. The number of hydrogen-bond acceptors (Lipinski definition) is 3. The monoisotopic (exact) mass is 342 g/mol. The number of benzene rings is 1. The van der Waals surface area contributed by atoms with Gasteiger partial charge in [-0.1, -0.05) is 43.1 Å². The second kappa shape index (κ2) is 7.49. The first-order valence-corrected chi connectivity index (χ1v) is 8.39. The zero-order chi connectivity index (χ0) is 17.0. The number of aromatic carboxylic acids is 1. The molecule has 2 rings (SSSR count). The molecule has 2 aromatic rings. The van der Waals surface area contributed by atoms with E-state index in [4.69, 9.17) is 17.3 Å². The molecule has 0 fully saturated rings. The molecule has 0 saturated heterocycles. The summed E-state index contributed by atoms with van der Waals surface area (Å²) in [7, 11) is 0. The smallest absolute Gasteiger partial charge is 0.345 e. The van der Waals surface area contributed by atoms with Gasteiger partial charge in [0, 0.05) is 16.2 Å². The molecule has 0 unspecified atom stereocenters. The molecule has 1 aromatic heterocycles. The van der Waals surface area contributed by atoms with Crippen LogP contribution in [0.25, 0.3) is 11.6 Å². The van der Waals surface area contributed by atoms with E-state index in [1.807, 2.05) is 38.1 Å². The van der Waals surface area contributed by atoms with Crippen LogP contribution in [0.2, 0.25) is 0 Å². The summed E-state index contributed by atoms with van der Waals surface area (Å²) in [5, 5.41) is 9.01. The summed E-state index contributed by atoms with van der Waals surface area (Å²) < 4.78 is 0. The summed E-state index contributed by atoms with van der Waals surface area (Å²) in [6.07, 6.45) is 2.70. The van der Waals surface area contributed by atoms with Crippen molar-refractivity contribution in [1.29, 1.82) is 0 Å². The van der Waals surface area contributed by atoms with Crippen molar-refractivity contribution in [3.05, 3.63) is 69.4 Å². The van der Waals surface area contributed by atoms with Crippen molar-refractivity contribution in [2.75, 3.05) is 0 Å². The van der Waals surface area contributed by atoms with E-state index in [0.717, 1.165) is 32.0 Å². The molecule has 4 heteroatoms. The van der Waals surface area contributed by atoms with Gasteiger partial charge in [-0.2, -0.15) is 0 Å². The molecule has 0 atom stereocenters. The molecule has 0 spiro atoms. The van der Waals surface area contributed by atoms with Gasteiger partial charge in [0.1, 0.15) is 4.88 Å². The first kappa shape index (κ1) is 17.3. The van der Waals surface area contributed by atoms with Gasteiger partial charge in [0.25, 0.3) is 0 Å². The van der Waals surface area contributed by atoms with Crippen LogP contribution in [0.3, 0.4) is 0 Å². The number of rotatable bonds is 6. The zero-order valence-electron chi connectivity index (χ0n) is 13.1. The third kappa shape index (κ3) is 4.47. The third-order valence-electron chi connectivity index (χ3n) is 3.47. The molecule has 0 aliphatic rings. The fourth-order valence-electron chi connectivity index (χ4n) is 2.22. The van der Waals surface area contributed by atoms with Gasteiger partial charge in [-0.3, -0.25) is 0 Å². The predicted molar refractivity (Wildman–Crippen MR) is 102 cm³/mol. The Hall–Kier alpha value is -2.04. The second-order valence-electron chi connectivity index (χ2n) is 5.37. The molecular formula is C19H18O2S2. The first-order chi connectivity index (χ1) is 10.9. The van der Waals surface area contributed by atoms with Crippen LogP contribution >= 0.6 is 23.6 Å². The van der Waals surface area contributed by atoms with Gasteiger partial charge in [0.05, 0.1) is 0 Å². The minimum Gasteiger partial charge on any atom is -0.477 e. The Balaban J connectivity index is 2.32. The quantitative estimate of drug-likeness (QED) is 0.557. The van der Waals surface area contributed by atoms with E-state index in [0.29, 0.717) is 11.3 Å². The van der Waals surface area contributed by atoms with Gasteiger partial charge in [-0.05, 0) is 54.3 Å². The Morgan fingerprint density at radius 1 is 1.26 bits per heavy atom. The minimum atomic E-state index is -0.889. The average Bonchev–Trinajstić information content (AvgIpc) is 2.96. The van der Waals surface area contributed by atoms with Crippen molar-refractivity contribution in [2.45, 2.75) is 20.3 Å². The number of carbonyl (C=O) groups is 1. The van der Waals surface area contributed by atoms with Crippen LogP contribution in [-0.2, 0) is 6.42 Å². The lowest BCUT2D eigenvalue weighted by Gasteiger charge is -2.11. The average molecular weight is 342 g/mol. The molecule has 0 amide bonds. The van der Waals surface area contributed by atoms with Gasteiger partial charge in [-0.25, -0.2) is 4.79 Å². The normalized spacial score (nSPS) is 11.3. The van der Waals surface area contributed by atoms with Crippen LogP contribution in [0.1, 0.15) is 39.5 Å². The van der Waals surface area contributed by atoms with Crippen molar-refractivity contribution in [3.8, 4) is 0 Å². The fraction of sp³-hybridized carbons (Fsp3) is 0.158. The van der Waals surface area contributed by atoms with Crippen LogP contribution in [-0.4, -0.2) is 15.9 Å². The molecule has 0 radical (unpaired) electrons. The van der Waals surface area contributed by atoms with Crippen molar-refractivity contribution < 1.29 is 9.90 Å². The highest BCUT2D eigenvalue weighted by Crippen LogP contribution is 2.26. The Bertz CT molecular complexity index is 797. The van der Waals surface area contributed by atoms with E-state index < -0.39 is 5.97 Å². The van der Waals surface area contributed by atoms with E-state index in [-0.39, 0.29) is 0 Å². The molecule has 0 saturated carbocycles. The standard InChI is InChI=1S/C19H18O2S2/c1-12(2)17(22)11-14-6-4-5-7-16(14)13(3)10-15-8-9-18(23-15)19(20)21/h4-10H,1,11H2,2-3H3,(H,20,21)/b13-10+. The fourth-order valence-corrected chi connectivity index (χ4v) is 3.22. The van der Waals surface area contributed by atoms with E-state index >= 15 is 0 Å². The number of carboxylic acid groups (broad SMARTS) is 1. The van der Waals surface area contributed by atoms with Gasteiger partial charge in [0.2, 0.25) is 0 Å². The molecule has 0 aliphatic heterocycles. The second-order valence-corrected chi connectivity index (χ2v) is 6.98. The third-order valence-corrected chi connectivity index (χ3v) is 4.98. The van der Waals surface area contributed by atoms with Crippen molar-refractivity contribution >= 4 is 46.0 Å². The molecule has 2 nitrogen and oxygen atoms in total. The predicted octanol–water partition coefficient (Wildman–Crippen LogP) is 5.50. The minimum absolute atomic E-state index is 0.348. The highest BCUT2D eigenvalue weighted by atomic mass is 32.1. The summed E-state index contributed by atoms with van der Waals surface area (Å²) >= 11 is 6.66. The number of thiocarbonyl (C=S) groups is 1. The molecule has 1 heterocycles. The molecular weight excluding hydrogens is 324 g/mol.